The second-order valence-corrected chi connectivity index (χ2v) is 5.05. The summed E-state index contributed by atoms with van der Waals surface area (Å²) in [6, 6.07) is 3.46. The number of halogens is 1. The van der Waals surface area contributed by atoms with Gasteiger partial charge in [0.05, 0.1) is 23.9 Å². The molecule has 8 heteroatoms. The number of imide groups is 1. The van der Waals surface area contributed by atoms with Crippen LogP contribution in [0.4, 0.5) is 10.2 Å². The monoisotopic (exact) mass is 317 g/mol. The summed E-state index contributed by atoms with van der Waals surface area (Å²) in [5.74, 6) is -2.09. The minimum absolute atomic E-state index is 0.117. The smallest absolute Gasteiger partial charge is 0.262 e. The predicted octanol–water partition coefficient (Wildman–Crippen LogP) is 0.759. The zero-order valence-electron chi connectivity index (χ0n) is 12.3. The Balaban J connectivity index is 2.35. The fourth-order valence-electron chi connectivity index (χ4n) is 2.56. The van der Waals surface area contributed by atoms with Gasteiger partial charge in [0, 0.05) is 12.1 Å². The third kappa shape index (κ3) is 2.07. The number of pyridine rings is 1. The van der Waals surface area contributed by atoms with E-state index >= 15 is 0 Å². The highest BCUT2D eigenvalue weighted by molar-refractivity contribution is 6.23. The molecular formula is C15H12FN3O4. The van der Waals surface area contributed by atoms with E-state index in [1.54, 1.807) is 6.92 Å². The fraction of sp³-hybridized carbons (Fsp3) is 0.133. The van der Waals surface area contributed by atoms with Crippen LogP contribution in [0.15, 0.2) is 23.0 Å². The maximum atomic E-state index is 14.3. The minimum atomic E-state index is -0.726. The number of hydrogen-bond acceptors (Lipinski definition) is 5. The van der Waals surface area contributed by atoms with Crippen LogP contribution in [0, 0.1) is 12.7 Å². The summed E-state index contributed by atoms with van der Waals surface area (Å²) >= 11 is 0. The highest BCUT2D eigenvalue weighted by atomic mass is 19.1. The number of aryl methyl sites for hydroxylation is 1. The molecule has 1 aromatic carbocycles. The number of nitrogens with zero attached hydrogens (tertiary/aromatic N) is 1. The Bertz CT molecular complexity index is 933. The van der Waals surface area contributed by atoms with Crippen molar-refractivity contribution in [3.8, 4) is 11.4 Å². The van der Waals surface area contributed by atoms with Crippen LogP contribution in [0.3, 0.4) is 0 Å². The molecule has 0 atom stereocenters. The Labute approximate surface area is 129 Å². The number of aromatic nitrogens is 1. The number of ether oxygens (including phenoxy) is 1. The largest absolute Gasteiger partial charge is 0.496 e. The number of nitrogens with one attached hydrogen (secondary N) is 1. The molecule has 118 valence electrons. The van der Waals surface area contributed by atoms with Crippen molar-refractivity contribution in [1.82, 2.24) is 9.88 Å². The first-order valence-corrected chi connectivity index (χ1v) is 6.61. The van der Waals surface area contributed by atoms with E-state index in [0.29, 0.717) is 11.3 Å². The zero-order chi connectivity index (χ0) is 16.9. The summed E-state index contributed by atoms with van der Waals surface area (Å²) in [6.45, 7) is 1.65. The van der Waals surface area contributed by atoms with E-state index < -0.39 is 23.2 Å². The van der Waals surface area contributed by atoms with E-state index in [2.05, 4.69) is 0 Å². The summed E-state index contributed by atoms with van der Waals surface area (Å²) in [7, 11) is 1.41. The third-order valence-electron chi connectivity index (χ3n) is 3.66. The number of carbonyl (C=O) groups is 2. The second-order valence-electron chi connectivity index (χ2n) is 5.05. The molecule has 1 aliphatic heterocycles. The minimum Gasteiger partial charge on any atom is -0.496 e. The molecule has 0 saturated carbocycles. The normalized spacial score (nSPS) is 13.0. The van der Waals surface area contributed by atoms with Gasteiger partial charge < -0.3 is 10.5 Å². The average Bonchev–Trinajstić information content (AvgIpc) is 2.75. The van der Waals surface area contributed by atoms with Gasteiger partial charge in [0.2, 0.25) is 0 Å². The van der Waals surface area contributed by atoms with Crippen LogP contribution < -0.4 is 21.3 Å². The molecule has 0 spiro atoms. The van der Waals surface area contributed by atoms with Crippen LogP contribution in [-0.2, 0) is 0 Å². The van der Waals surface area contributed by atoms with Gasteiger partial charge in [-0.1, -0.05) is 0 Å². The lowest BCUT2D eigenvalue weighted by atomic mass is 10.1. The second kappa shape index (κ2) is 4.94. The van der Waals surface area contributed by atoms with Crippen LogP contribution in [0.1, 0.15) is 26.3 Å². The molecule has 0 saturated heterocycles. The first-order chi connectivity index (χ1) is 10.8. The fourth-order valence-corrected chi connectivity index (χ4v) is 2.56. The number of nitrogen functional groups attached to an aromatic ring is 1. The topological polar surface area (TPSA) is 103 Å². The number of methoxy groups -OCH3 is 1. The quantitative estimate of drug-likeness (QED) is 0.796. The molecular weight excluding hydrogens is 305 g/mol. The number of hydrogen-bond donors (Lipinski definition) is 2. The first kappa shape index (κ1) is 14.8. The zero-order valence-corrected chi connectivity index (χ0v) is 12.3. The molecule has 7 nitrogen and oxygen atoms in total. The van der Waals surface area contributed by atoms with Crippen LogP contribution in [0.5, 0.6) is 5.75 Å². The van der Waals surface area contributed by atoms with Gasteiger partial charge in [-0.25, -0.2) is 4.39 Å². The van der Waals surface area contributed by atoms with Gasteiger partial charge in [-0.3, -0.25) is 24.3 Å². The molecule has 0 radical (unpaired) electrons. The van der Waals surface area contributed by atoms with Crippen molar-refractivity contribution in [2.45, 2.75) is 6.92 Å². The Morgan fingerprint density at radius 1 is 1.17 bits per heavy atom. The molecule has 1 aliphatic rings. The summed E-state index contributed by atoms with van der Waals surface area (Å²) < 4.78 is 20.3. The number of carbonyl (C=O) groups excluding carboxylic acids is 2. The maximum absolute atomic E-state index is 14.3. The van der Waals surface area contributed by atoms with Gasteiger partial charge in [-0.2, -0.15) is 0 Å². The number of fused-ring (bicyclic) bond motifs is 1. The first-order valence-electron chi connectivity index (χ1n) is 6.61. The number of rotatable bonds is 2. The van der Waals surface area contributed by atoms with Crippen molar-refractivity contribution in [3.05, 3.63) is 51.1 Å². The molecule has 2 amide bonds. The summed E-state index contributed by atoms with van der Waals surface area (Å²) in [5, 5.41) is 2.05. The standard InChI is InChI=1S/C15H12FN3O4/c1-6-3-8(16)9(5-10(6)23-2)19-11(20)4-7-12(13(19)17)15(22)18-14(7)21/h3-5H,17H2,1-2H3,(H,18,21,22). The van der Waals surface area contributed by atoms with Crippen LogP contribution >= 0.6 is 0 Å². The molecule has 0 unspecified atom stereocenters. The third-order valence-corrected chi connectivity index (χ3v) is 3.66. The Hall–Kier alpha value is -3.16. The summed E-state index contributed by atoms with van der Waals surface area (Å²) in [6.07, 6.45) is 0. The Morgan fingerprint density at radius 2 is 1.87 bits per heavy atom. The molecule has 0 bridgehead atoms. The maximum Gasteiger partial charge on any atom is 0.262 e. The molecule has 3 N–H and O–H groups in total. The molecule has 3 rings (SSSR count). The lowest BCUT2D eigenvalue weighted by Gasteiger charge is -2.14. The SMILES string of the molecule is COc1cc(-n2c(N)c3c(cc2=O)C(=O)NC3=O)c(F)cc1C. The molecule has 0 fully saturated rings. The van der Waals surface area contributed by atoms with E-state index in [9.17, 15) is 18.8 Å². The summed E-state index contributed by atoms with van der Waals surface area (Å²) in [4.78, 5) is 35.7. The van der Waals surface area contributed by atoms with Crippen LogP contribution in [0.2, 0.25) is 0 Å². The highest BCUT2D eigenvalue weighted by Gasteiger charge is 2.32. The van der Waals surface area contributed by atoms with E-state index in [0.717, 1.165) is 10.6 Å². The van der Waals surface area contributed by atoms with E-state index in [1.165, 1.54) is 19.2 Å². The van der Waals surface area contributed by atoms with Crippen molar-refractivity contribution in [2.24, 2.45) is 0 Å². The van der Waals surface area contributed by atoms with E-state index in [-0.39, 0.29) is 22.6 Å². The average molecular weight is 317 g/mol. The van der Waals surface area contributed by atoms with Gasteiger partial charge in [0.25, 0.3) is 17.4 Å². The molecule has 0 aliphatic carbocycles. The van der Waals surface area contributed by atoms with Gasteiger partial charge in [-0.15, -0.1) is 0 Å². The van der Waals surface area contributed by atoms with Crippen molar-refractivity contribution in [2.75, 3.05) is 12.8 Å². The van der Waals surface area contributed by atoms with Crippen LogP contribution in [0.25, 0.3) is 5.69 Å². The molecule has 23 heavy (non-hydrogen) atoms. The molecule has 2 heterocycles. The van der Waals surface area contributed by atoms with Gasteiger partial charge >= 0.3 is 0 Å². The van der Waals surface area contributed by atoms with E-state index in [4.69, 9.17) is 10.5 Å². The van der Waals surface area contributed by atoms with Crippen molar-refractivity contribution in [1.29, 1.82) is 0 Å². The van der Waals surface area contributed by atoms with Gasteiger partial charge in [0.1, 0.15) is 17.4 Å². The van der Waals surface area contributed by atoms with Crippen molar-refractivity contribution in [3.63, 3.8) is 0 Å². The summed E-state index contributed by atoms with van der Waals surface area (Å²) in [5.41, 5.74) is 5.25. The number of nitrogens with two attached hydrogens (primary N) is 1. The van der Waals surface area contributed by atoms with Crippen LogP contribution in [-0.4, -0.2) is 23.5 Å². The van der Waals surface area contributed by atoms with Gasteiger partial charge in [-0.05, 0) is 18.6 Å². The van der Waals surface area contributed by atoms with E-state index in [1.807, 2.05) is 5.32 Å². The molecule has 2 aromatic rings. The Kier molecular flexibility index (Phi) is 3.17. The molecule has 1 aromatic heterocycles. The number of anilines is 1. The number of amides is 2. The highest BCUT2D eigenvalue weighted by Crippen LogP contribution is 2.28. The Morgan fingerprint density at radius 3 is 2.52 bits per heavy atom. The lowest BCUT2D eigenvalue weighted by Crippen LogP contribution is -2.25. The van der Waals surface area contributed by atoms with Crippen molar-refractivity contribution >= 4 is 17.6 Å². The van der Waals surface area contributed by atoms with Gasteiger partial charge in [0.15, 0.2) is 0 Å². The lowest BCUT2D eigenvalue weighted by molar-refractivity contribution is 0.0880. The number of benzene rings is 1. The predicted molar refractivity (Wildman–Crippen MR) is 79.5 cm³/mol. The van der Waals surface area contributed by atoms with Crippen molar-refractivity contribution < 1.29 is 18.7 Å².